The van der Waals surface area contributed by atoms with Crippen LogP contribution in [0, 0.1) is 17.1 Å². The van der Waals surface area contributed by atoms with Gasteiger partial charge in [-0.3, -0.25) is 4.98 Å². The van der Waals surface area contributed by atoms with E-state index < -0.39 is 11.9 Å². The number of rotatable bonds is 5. The molecule has 4 rings (SSSR count). The van der Waals surface area contributed by atoms with E-state index in [1.54, 1.807) is 35.3 Å². The van der Waals surface area contributed by atoms with Crippen molar-refractivity contribution in [1.82, 2.24) is 19.7 Å². The van der Waals surface area contributed by atoms with E-state index in [4.69, 9.17) is 9.72 Å². The van der Waals surface area contributed by atoms with E-state index in [0.29, 0.717) is 28.5 Å². The maximum Gasteiger partial charge on any atom is 0.169 e. The molecule has 1 N–H and O–H groups in total. The first-order valence-electron chi connectivity index (χ1n) is 10.2. The van der Waals surface area contributed by atoms with E-state index in [0.717, 1.165) is 17.1 Å². The largest absolute Gasteiger partial charge is 0.480 e. The van der Waals surface area contributed by atoms with Crippen LogP contribution in [0.1, 0.15) is 45.1 Å². The van der Waals surface area contributed by atoms with Crippen molar-refractivity contribution in [2.24, 2.45) is 0 Å². The SMILES string of the molecule is C[C@H](Oc1cc2cc(C#N)ccc2nc1NC(C)(C)C)c1ncc(F)cc1-n1cccn1. The van der Waals surface area contributed by atoms with Crippen molar-refractivity contribution < 1.29 is 9.13 Å². The average molecular weight is 430 g/mol. The summed E-state index contributed by atoms with van der Waals surface area (Å²) in [5.74, 6) is 0.620. The number of anilines is 1. The van der Waals surface area contributed by atoms with Crippen molar-refractivity contribution in [3.8, 4) is 17.5 Å². The monoisotopic (exact) mass is 430 g/mol. The number of nitrogens with one attached hydrogen (secondary N) is 1. The molecule has 0 aliphatic carbocycles. The number of halogens is 1. The van der Waals surface area contributed by atoms with Crippen LogP contribution in [0.15, 0.2) is 55.0 Å². The Balaban J connectivity index is 1.78. The quantitative estimate of drug-likeness (QED) is 0.469. The summed E-state index contributed by atoms with van der Waals surface area (Å²) < 4.78 is 21.8. The van der Waals surface area contributed by atoms with Gasteiger partial charge in [-0.25, -0.2) is 14.1 Å². The number of pyridine rings is 2. The van der Waals surface area contributed by atoms with Crippen LogP contribution in [0.5, 0.6) is 5.75 Å². The van der Waals surface area contributed by atoms with Gasteiger partial charge in [0.05, 0.1) is 29.0 Å². The van der Waals surface area contributed by atoms with Crippen molar-refractivity contribution in [2.45, 2.75) is 39.3 Å². The van der Waals surface area contributed by atoms with Crippen molar-refractivity contribution in [2.75, 3.05) is 5.32 Å². The zero-order chi connectivity index (χ0) is 22.9. The van der Waals surface area contributed by atoms with Crippen LogP contribution < -0.4 is 10.1 Å². The molecule has 3 aromatic heterocycles. The molecule has 0 saturated carbocycles. The van der Waals surface area contributed by atoms with Gasteiger partial charge in [0.2, 0.25) is 0 Å². The maximum absolute atomic E-state index is 13.9. The molecule has 1 aromatic carbocycles. The van der Waals surface area contributed by atoms with Crippen molar-refractivity contribution in [3.05, 3.63) is 72.1 Å². The second kappa shape index (κ2) is 8.27. The molecule has 0 saturated heterocycles. The van der Waals surface area contributed by atoms with Crippen LogP contribution in [-0.2, 0) is 0 Å². The van der Waals surface area contributed by atoms with Crippen LogP contribution in [0.25, 0.3) is 16.6 Å². The molecule has 8 heteroatoms. The lowest BCUT2D eigenvalue weighted by Crippen LogP contribution is -2.27. The van der Waals surface area contributed by atoms with Gasteiger partial charge >= 0.3 is 0 Å². The number of ether oxygens (including phenoxy) is 1. The minimum Gasteiger partial charge on any atom is -0.480 e. The normalized spacial score (nSPS) is 12.4. The Bertz CT molecular complexity index is 1300. The molecule has 4 aromatic rings. The first-order chi connectivity index (χ1) is 15.2. The van der Waals surface area contributed by atoms with Gasteiger partial charge in [0, 0.05) is 29.4 Å². The molecule has 162 valence electrons. The lowest BCUT2D eigenvalue weighted by Gasteiger charge is -2.25. The predicted molar refractivity (Wildman–Crippen MR) is 120 cm³/mol. The summed E-state index contributed by atoms with van der Waals surface area (Å²) in [7, 11) is 0. The average Bonchev–Trinajstić information content (AvgIpc) is 3.27. The van der Waals surface area contributed by atoms with Crippen LogP contribution in [0.2, 0.25) is 0 Å². The summed E-state index contributed by atoms with van der Waals surface area (Å²) in [5.41, 5.74) is 2.04. The fourth-order valence-electron chi connectivity index (χ4n) is 3.35. The molecular formula is C24H23FN6O. The molecule has 0 unspecified atom stereocenters. The number of hydrogen-bond donors (Lipinski definition) is 1. The molecule has 0 aliphatic heterocycles. The number of hydrogen-bond acceptors (Lipinski definition) is 6. The topological polar surface area (TPSA) is 88.6 Å². The molecule has 32 heavy (non-hydrogen) atoms. The third-order valence-electron chi connectivity index (χ3n) is 4.71. The summed E-state index contributed by atoms with van der Waals surface area (Å²) in [5, 5.41) is 17.6. The third-order valence-corrected chi connectivity index (χ3v) is 4.71. The standard InChI is InChI=1S/C24H23FN6O/c1-15(22-20(12-18(25)14-27-22)31-9-5-8-28-31)32-21-11-17-10-16(13-26)6-7-19(17)29-23(21)30-24(2,3)4/h5-12,14-15H,1-4H3,(H,29,30)/t15-/m0/s1. The van der Waals surface area contributed by atoms with Gasteiger partial charge in [0.15, 0.2) is 11.6 Å². The minimum atomic E-state index is -0.534. The molecule has 1 atom stereocenters. The predicted octanol–water partition coefficient (Wildman–Crippen LogP) is 5.18. The summed E-state index contributed by atoms with van der Waals surface area (Å²) in [6.07, 6.45) is 3.97. The molecule has 7 nitrogen and oxygen atoms in total. The summed E-state index contributed by atoms with van der Waals surface area (Å²) in [4.78, 5) is 9.01. The van der Waals surface area contributed by atoms with Gasteiger partial charge in [-0.1, -0.05) is 0 Å². The molecule has 0 fully saturated rings. The van der Waals surface area contributed by atoms with E-state index >= 15 is 0 Å². The van der Waals surface area contributed by atoms with Crippen molar-refractivity contribution in [1.29, 1.82) is 5.26 Å². The second-order valence-electron chi connectivity index (χ2n) is 8.50. The first-order valence-corrected chi connectivity index (χ1v) is 10.2. The number of fused-ring (bicyclic) bond motifs is 1. The van der Waals surface area contributed by atoms with E-state index in [-0.39, 0.29) is 5.54 Å². The molecule has 0 spiro atoms. The van der Waals surface area contributed by atoms with E-state index in [1.807, 2.05) is 39.8 Å². The summed E-state index contributed by atoms with van der Waals surface area (Å²) in [6, 6.07) is 12.4. The highest BCUT2D eigenvalue weighted by Crippen LogP contribution is 2.34. The minimum absolute atomic E-state index is 0.261. The fourth-order valence-corrected chi connectivity index (χ4v) is 3.35. The molecule has 0 aliphatic rings. The number of aromatic nitrogens is 4. The van der Waals surface area contributed by atoms with E-state index in [1.165, 1.54) is 6.07 Å². The Kier molecular flexibility index (Phi) is 5.49. The Morgan fingerprint density at radius 2 is 2.03 bits per heavy atom. The van der Waals surface area contributed by atoms with Crippen LogP contribution in [-0.4, -0.2) is 25.3 Å². The lowest BCUT2D eigenvalue weighted by atomic mass is 10.1. The smallest absolute Gasteiger partial charge is 0.169 e. The highest BCUT2D eigenvalue weighted by atomic mass is 19.1. The highest BCUT2D eigenvalue weighted by molar-refractivity contribution is 5.84. The zero-order valence-electron chi connectivity index (χ0n) is 18.3. The van der Waals surface area contributed by atoms with Crippen LogP contribution in [0.4, 0.5) is 10.2 Å². The van der Waals surface area contributed by atoms with E-state index in [2.05, 4.69) is 21.5 Å². The van der Waals surface area contributed by atoms with Crippen LogP contribution >= 0.6 is 0 Å². The van der Waals surface area contributed by atoms with Gasteiger partial charge in [-0.2, -0.15) is 10.4 Å². The number of nitriles is 1. The van der Waals surface area contributed by atoms with Crippen LogP contribution in [0.3, 0.4) is 0 Å². The Morgan fingerprint density at radius 1 is 1.22 bits per heavy atom. The zero-order valence-corrected chi connectivity index (χ0v) is 18.3. The summed E-state index contributed by atoms with van der Waals surface area (Å²) in [6.45, 7) is 7.93. The van der Waals surface area contributed by atoms with Gasteiger partial charge in [0.25, 0.3) is 0 Å². The Morgan fingerprint density at radius 3 is 2.72 bits per heavy atom. The lowest BCUT2D eigenvalue weighted by molar-refractivity contribution is 0.221. The Labute approximate surface area is 185 Å². The molecule has 3 heterocycles. The number of benzene rings is 1. The van der Waals surface area contributed by atoms with E-state index in [9.17, 15) is 9.65 Å². The molecule has 0 radical (unpaired) electrons. The van der Waals surface area contributed by atoms with Gasteiger partial charge in [-0.15, -0.1) is 0 Å². The molecular weight excluding hydrogens is 407 g/mol. The van der Waals surface area contributed by atoms with Gasteiger partial charge in [-0.05, 0) is 58.0 Å². The maximum atomic E-state index is 13.9. The highest BCUT2D eigenvalue weighted by Gasteiger charge is 2.21. The third kappa shape index (κ3) is 4.52. The Hall–Kier alpha value is -3.99. The molecule has 0 bridgehead atoms. The number of nitrogens with zero attached hydrogens (tertiary/aromatic N) is 5. The second-order valence-corrected chi connectivity index (χ2v) is 8.50. The van der Waals surface area contributed by atoms with Crippen molar-refractivity contribution >= 4 is 16.7 Å². The fraction of sp³-hybridized carbons (Fsp3) is 0.250. The van der Waals surface area contributed by atoms with Crippen molar-refractivity contribution in [3.63, 3.8) is 0 Å². The van der Waals surface area contributed by atoms with Gasteiger partial charge in [0.1, 0.15) is 17.6 Å². The van der Waals surface area contributed by atoms with Gasteiger partial charge < -0.3 is 10.1 Å². The summed E-state index contributed by atoms with van der Waals surface area (Å²) >= 11 is 0. The molecule has 0 amide bonds. The first kappa shape index (κ1) is 21.2.